The maximum atomic E-state index is 13.5. The van der Waals surface area contributed by atoms with Gasteiger partial charge >= 0.3 is 0 Å². The lowest BCUT2D eigenvalue weighted by Crippen LogP contribution is -2.52. The Balaban J connectivity index is 1.89. The topological polar surface area (TPSA) is 49.4 Å². The standard InChI is InChI=1S/C27H28Cl2N2O2S/c1-19(2)30-27(33)25(16-20-6-4-3-5-7-20)31(17-21-8-10-22(28)11-9-21)26(32)18-34-24-14-12-23(29)13-15-24/h3-15,19,25H,16-18H2,1-2H3,(H,30,33)/t25-/m1/s1. The van der Waals surface area contributed by atoms with Gasteiger partial charge in [0.15, 0.2) is 0 Å². The Hall–Kier alpha value is -2.47. The summed E-state index contributed by atoms with van der Waals surface area (Å²) in [4.78, 5) is 29.5. The molecule has 0 saturated heterocycles. The second kappa shape index (κ2) is 12.8. The number of amides is 2. The van der Waals surface area contributed by atoms with E-state index >= 15 is 0 Å². The fourth-order valence-corrected chi connectivity index (χ4v) is 4.52. The monoisotopic (exact) mass is 514 g/mol. The maximum absolute atomic E-state index is 13.5. The van der Waals surface area contributed by atoms with Crippen molar-refractivity contribution >= 4 is 46.8 Å². The van der Waals surface area contributed by atoms with Gasteiger partial charge in [-0.15, -0.1) is 11.8 Å². The van der Waals surface area contributed by atoms with Gasteiger partial charge in [0.1, 0.15) is 6.04 Å². The van der Waals surface area contributed by atoms with Gasteiger partial charge in [-0.3, -0.25) is 9.59 Å². The maximum Gasteiger partial charge on any atom is 0.243 e. The van der Waals surface area contributed by atoms with Crippen LogP contribution in [0.3, 0.4) is 0 Å². The molecular formula is C27H28Cl2N2O2S. The molecule has 7 heteroatoms. The minimum absolute atomic E-state index is 0.0401. The highest BCUT2D eigenvalue weighted by Crippen LogP contribution is 2.23. The zero-order valence-electron chi connectivity index (χ0n) is 19.2. The quantitative estimate of drug-likeness (QED) is 0.325. The van der Waals surface area contributed by atoms with Gasteiger partial charge in [-0.05, 0) is 61.4 Å². The number of carbonyl (C=O) groups is 2. The normalized spacial score (nSPS) is 11.8. The van der Waals surface area contributed by atoms with Gasteiger partial charge in [0.25, 0.3) is 0 Å². The Morgan fingerprint density at radius 3 is 2.03 bits per heavy atom. The molecule has 0 aliphatic rings. The number of hydrogen-bond acceptors (Lipinski definition) is 3. The van der Waals surface area contributed by atoms with E-state index in [2.05, 4.69) is 5.32 Å². The molecular weight excluding hydrogens is 487 g/mol. The van der Waals surface area contributed by atoms with Crippen LogP contribution in [0.5, 0.6) is 0 Å². The summed E-state index contributed by atoms with van der Waals surface area (Å²) in [5.41, 5.74) is 1.90. The number of halogens is 2. The largest absolute Gasteiger partial charge is 0.352 e. The van der Waals surface area contributed by atoms with Crippen LogP contribution in [0.1, 0.15) is 25.0 Å². The van der Waals surface area contributed by atoms with Crippen LogP contribution in [0.15, 0.2) is 83.8 Å². The molecule has 2 amide bonds. The predicted molar refractivity (Wildman–Crippen MR) is 141 cm³/mol. The van der Waals surface area contributed by atoms with Gasteiger partial charge in [0, 0.05) is 33.9 Å². The van der Waals surface area contributed by atoms with Gasteiger partial charge in [0.2, 0.25) is 11.8 Å². The molecule has 1 N–H and O–H groups in total. The highest BCUT2D eigenvalue weighted by Gasteiger charge is 2.30. The predicted octanol–water partition coefficient (Wildman–Crippen LogP) is 6.25. The third-order valence-corrected chi connectivity index (χ3v) is 6.64. The van der Waals surface area contributed by atoms with Crippen LogP contribution in [0.4, 0.5) is 0 Å². The minimum atomic E-state index is -0.654. The molecule has 0 aliphatic heterocycles. The molecule has 0 heterocycles. The molecule has 0 bridgehead atoms. The first-order chi connectivity index (χ1) is 16.3. The highest BCUT2D eigenvalue weighted by atomic mass is 35.5. The van der Waals surface area contributed by atoms with Crippen LogP contribution in [0.25, 0.3) is 0 Å². The van der Waals surface area contributed by atoms with E-state index in [1.807, 2.05) is 68.4 Å². The molecule has 34 heavy (non-hydrogen) atoms. The van der Waals surface area contributed by atoms with Crippen molar-refractivity contribution in [3.8, 4) is 0 Å². The van der Waals surface area contributed by atoms with E-state index in [0.717, 1.165) is 16.0 Å². The van der Waals surface area contributed by atoms with Crippen LogP contribution in [-0.4, -0.2) is 34.6 Å². The van der Waals surface area contributed by atoms with Gasteiger partial charge < -0.3 is 10.2 Å². The summed E-state index contributed by atoms with van der Waals surface area (Å²) in [6, 6.07) is 23.8. The zero-order valence-corrected chi connectivity index (χ0v) is 21.5. The SMILES string of the molecule is CC(C)NC(=O)[C@@H](Cc1ccccc1)N(Cc1ccc(Cl)cc1)C(=O)CSc1ccc(Cl)cc1. The Bertz CT molecular complexity index is 1070. The van der Waals surface area contributed by atoms with E-state index in [1.54, 1.807) is 29.2 Å². The number of nitrogens with one attached hydrogen (secondary N) is 1. The first kappa shape index (κ1) is 26.1. The van der Waals surface area contributed by atoms with Crippen LogP contribution in [0.2, 0.25) is 10.0 Å². The molecule has 1 atom stereocenters. The Morgan fingerprint density at radius 2 is 1.44 bits per heavy atom. The summed E-state index contributed by atoms with van der Waals surface area (Å²) < 4.78 is 0. The lowest BCUT2D eigenvalue weighted by molar-refractivity contribution is -0.139. The molecule has 0 aromatic heterocycles. The van der Waals surface area contributed by atoms with Crippen molar-refractivity contribution in [2.45, 2.75) is 43.8 Å². The van der Waals surface area contributed by atoms with Gasteiger partial charge in [-0.2, -0.15) is 0 Å². The summed E-state index contributed by atoms with van der Waals surface area (Å²) in [6.07, 6.45) is 0.421. The average Bonchev–Trinajstić information content (AvgIpc) is 2.82. The molecule has 4 nitrogen and oxygen atoms in total. The van der Waals surface area contributed by atoms with Gasteiger partial charge in [-0.25, -0.2) is 0 Å². The van der Waals surface area contributed by atoms with E-state index in [4.69, 9.17) is 23.2 Å². The third kappa shape index (κ3) is 8.08. The molecule has 0 unspecified atom stereocenters. The fraction of sp³-hybridized carbons (Fsp3) is 0.259. The molecule has 0 spiro atoms. The van der Waals surface area contributed by atoms with Gasteiger partial charge in [0.05, 0.1) is 5.75 Å². The lowest BCUT2D eigenvalue weighted by Gasteiger charge is -2.32. The number of benzene rings is 3. The van der Waals surface area contributed by atoms with Crippen molar-refractivity contribution in [2.24, 2.45) is 0 Å². The lowest BCUT2D eigenvalue weighted by atomic mass is 10.0. The van der Waals surface area contributed by atoms with Crippen molar-refractivity contribution in [1.29, 1.82) is 0 Å². The highest BCUT2D eigenvalue weighted by molar-refractivity contribution is 8.00. The van der Waals surface area contributed by atoms with E-state index in [0.29, 0.717) is 23.0 Å². The average molecular weight is 516 g/mol. The van der Waals surface area contributed by atoms with Crippen LogP contribution >= 0.6 is 35.0 Å². The van der Waals surface area contributed by atoms with E-state index < -0.39 is 6.04 Å². The molecule has 178 valence electrons. The van der Waals surface area contributed by atoms with Crippen molar-refractivity contribution in [3.63, 3.8) is 0 Å². The summed E-state index contributed by atoms with van der Waals surface area (Å²) in [5, 5.41) is 4.27. The van der Waals surface area contributed by atoms with E-state index in [1.165, 1.54) is 11.8 Å². The Kier molecular flexibility index (Phi) is 9.87. The number of hydrogen-bond donors (Lipinski definition) is 1. The zero-order chi connectivity index (χ0) is 24.5. The molecule has 3 rings (SSSR count). The number of rotatable bonds is 10. The van der Waals surface area contributed by atoms with Crippen LogP contribution in [0, 0.1) is 0 Å². The Labute approximate surface area is 215 Å². The molecule has 0 saturated carbocycles. The van der Waals surface area contributed by atoms with Crippen molar-refractivity contribution in [3.05, 3.63) is 100 Å². The Morgan fingerprint density at radius 1 is 0.853 bits per heavy atom. The number of nitrogens with zero attached hydrogens (tertiary/aromatic N) is 1. The molecule has 0 radical (unpaired) electrons. The van der Waals surface area contributed by atoms with Crippen LogP contribution < -0.4 is 5.32 Å². The van der Waals surface area contributed by atoms with Crippen molar-refractivity contribution in [2.75, 3.05) is 5.75 Å². The summed E-state index contributed by atoms with van der Waals surface area (Å²) in [5.74, 6) is -0.0810. The third-order valence-electron chi connectivity index (χ3n) is 5.14. The van der Waals surface area contributed by atoms with Crippen LogP contribution in [-0.2, 0) is 22.6 Å². The molecule has 3 aromatic carbocycles. The smallest absolute Gasteiger partial charge is 0.243 e. The first-order valence-corrected chi connectivity index (χ1v) is 12.8. The minimum Gasteiger partial charge on any atom is -0.352 e. The van der Waals surface area contributed by atoms with Gasteiger partial charge in [-0.1, -0.05) is 65.7 Å². The number of carbonyl (C=O) groups excluding carboxylic acids is 2. The van der Waals surface area contributed by atoms with E-state index in [-0.39, 0.29) is 23.6 Å². The summed E-state index contributed by atoms with van der Waals surface area (Å²) >= 11 is 13.5. The van der Waals surface area contributed by atoms with E-state index in [9.17, 15) is 9.59 Å². The second-order valence-corrected chi connectivity index (χ2v) is 10.2. The summed E-state index contributed by atoms with van der Waals surface area (Å²) in [6.45, 7) is 4.14. The summed E-state index contributed by atoms with van der Waals surface area (Å²) in [7, 11) is 0. The first-order valence-electron chi connectivity index (χ1n) is 11.1. The molecule has 3 aromatic rings. The van der Waals surface area contributed by atoms with Crippen molar-refractivity contribution < 1.29 is 9.59 Å². The molecule has 0 fully saturated rings. The number of thioether (sulfide) groups is 1. The molecule has 0 aliphatic carbocycles. The van der Waals surface area contributed by atoms with Crippen molar-refractivity contribution in [1.82, 2.24) is 10.2 Å². The second-order valence-electron chi connectivity index (χ2n) is 8.26. The fourth-order valence-electron chi connectivity index (χ4n) is 3.48.